The molecule has 0 saturated heterocycles. The molecule has 0 amide bonds. The molecule has 10 aromatic rings. The topological polar surface area (TPSA) is 0 Å². The van der Waals surface area contributed by atoms with Crippen LogP contribution in [0.15, 0.2) is 133 Å². The Morgan fingerprint density at radius 1 is 0.262 bits per heavy atom. The zero-order valence-electron chi connectivity index (χ0n) is 23.7. The molecule has 0 aliphatic rings. The molecule has 0 N–H and O–H groups in total. The quantitative estimate of drug-likeness (QED) is 0.135. The van der Waals surface area contributed by atoms with E-state index in [9.17, 15) is 0 Å². The Morgan fingerprint density at radius 2 is 0.548 bits per heavy atom. The van der Waals surface area contributed by atoms with Crippen molar-refractivity contribution < 1.29 is 0 Å². The maximum absolute atomic E-state index is 2.43. The Balaban J connectivity index is 1.75. The molecule has 0 heteroatoms. The second kappa shape index (κ2) is 8.65. The van der Waals surface area contributed by atoms with Gasteiger partial charge in [-0.1, -0.05) is 121 Å². The lowest BCUT2D eigenvalue weighted by Gasteiger charge is -2.15. The van der Waals surface area contributed by atoms with Crippen LogP contribution in [0.2, 0.25) is 0 Å². The molecule has 10 aromatic carbocycles. The molecule has 6 bridgehead atoms. The summed E-state index contributed by atoms with van der Waals surface area (Å²) < 4.78 is 0. The summed E-state index contributed by atoms with van der Waals surface area (Å²) in [6, 6.07) is 50.1. The van der Waals surface area contributed by atoms with Crippen LogP contribution in [0.5, 0.6) is 0 Å². The second-order valence-corrected chi connectivity index (χ2v) is 11.7. The van der Waals surface area contributed by atoms with Crippen molar-refractivity contribution in [3.05, 3.63) is 145 Å². The molecule has 0 aliphatic carbocycles. The van der Waals surface area contributed by atoms with Crippen LogP contribution in [0.25, 0.3) is 86.2 Å². The first-order valence-corrected chi connectivity index (χ1v) is 14.8. The third-order valence-corrected chi connectivity index (χ3v) is 9.65. The zero-order valence-corrected chi connectivity index (χ0v) is 23.7. The molecule has 0 aliphatic heterocycles. The van der Waals surface area contributed by atoms with Crippen LogP contribution in [-0.4, -0.2) is 0 Å². The molecule has 0 fully saturated rings. The minimum Gasteiger partial charge on any atom is -0.0616 e. The molecule has 0 atom stereocenters. The number of aryl methyl sites for hydroxylation is 2. The number of benzene rings is 8. The van der Waals surface area contributed by atoms with E-state index in [-0.39, 0.29) is 0 Å². The lowest BCUT2D eigenvalue weighted by molar-refractivity contribution is 1.42. The Bertz CT molecular complexity index is 2390. The molecule has 0 nitrogen and oxygen atoms in total. The first kappa shape index (κ1) is 23.5. The van der Waals surface area contributed by atoms with Crippen molar-refractivity contribution in [1.82, 2.24) is 0 Å². The maximum atomic E-state index is 2.43. The summed E-state index contributed by atoms with van der Waals surface area (Å²) in [5.41, 5.74) is 2.72. The lowest BCUT2D eigenvalue weighted by Crippen LogP contribution is -1.89. The molecule has 196 valence electrons. The van der Waals surface area contributed by atoms with Gasteiger partial charge in [-0.25, -0.2) is 0 Å². The SMILES string of the molecule is Cc1c(C)c2ccc3cc2c2cc(ccc12)c1ccccc1c1c2ccccc2c(c2ccccc32)c2ccccc21. The first-order chi connectivity index (χ1) is 20.7. The highest BCUT2D eigenvalue weighted by Gasteiger charge is 2.14. The van der Waals surface area contributed by atoms with Crippen LogP contribution in [-0.2, 0) is 0 Å². The lowest BCUT2D eigenvalue weighted by atomic mass is 9.88. The van der Waals surface area contributed by atoms with Gasteiger partial charge < -0.3 is 0 Å². The van der Waals surface area contributed by atoms with E-state index >= 15 is 0 Å². The van der Waals surface area contributed by atoms with E-state index in [1.54, 1.807) is 0 Å². The molecule has 0 heterocycles. The van der Waals surface area contributed by atoms with Gasteiger partial charge in [0.25, 0.3) is 0 Å². The van der Waals surface area contributed by atoms with Gasteiger partial charge in [-0.2, -0.15) is 0 Å². The number of hydrogen-bond donors (Lipinski definition) is 0. The zero-order chi connectivity index (χ0) is 27.9. The van der Waals surface area contributed by atoms with E-state index in [0.29, 0.717) is 0 Å². The van der Waals surface area contributed by atoms with E-state index in [0.717, 1.165) is 0 Å². The predicted octanol–water partition coefficient (Wildman–Crippen LogP) is 12.1. The fraction of sp³-hybridized carbons (Fsp3) is 0.0476. The second-order valence-electron chi connectivity index (χ2n) is 11.7. The van der Waals surface area contributed by atoms with E-state index < -0.39 is 0 Å². The van der Waals surface area contributed by atoms with Gasteiger partial charge in [0.2, 0.25) is 0 Å². The van der Waals surface area contributed by atoms with Crippen molar-refractivity contribution in [3.8, 4) is 0 Å². The van der Waals surface area contributed by atoms with Gasteiger partial charge in [0.05, 0.1) is 0 Å². The van der Waals surface area contributed by atoms with Gasteiger partial charge in [-0.15, -0.1) is 0 Å². The molecular formula is C42H28. The average Bonchev–Trinajstić information content (AvgIpc) is 3.05. The smallest absolute Gasteiger partial charge is 0.00201 e. The summed E-state index contributed by atoms with van der Waals surface area (Å²) in [6.45, 7) is 4.54. The molecule has 10 rings (SSSR count). The largest absolute Gasteiger partial charge is 0.0616 e. The fourth-order valence-electron chi connectivity index (χ4n) is 7.54. The fourth-order valence-corrected chi connectivity index (χ4v) is 7.54. The van der Waals surface area contributed by atoms with E-state index in [4.69, 9.17) is 0 Å². The van der Waals surface area contributed by atoms with Gasteiger partial charge >= 0.3 is 0 Å². The molecule has 42 heavy (non-hydrogen) atoms. The van der Waals surface area contributed by atoms with Crippen LogP contribution in [0.1, 0.15) is 11.1 Å². The summed E-state index contributed by atoms with van der Waals surface area (Å²) in [5, 5.41) is 20.6. The minimum atomic E-state index is 1.25. The molecular weight excluding hydrogens is 504 g/mol. The van der Waals surface area contributed by atoms with Crippen molar-refractivity contribution in [2.75, 3.05) is 0 Å². The Hall–Kier alpha value is -5.20. The number of rotatable bonds is 0. The minimum absolute atomic E-state index is 1.25. The molecule has 0 unspecified atom stereocenters. The van der Waals surface area contributed by atoms with E-state index in [1.807, 2.05) is 0 Å². The summed E-state index contributed by atoms with van der Waals surface area (Å²) >= 11 is 0. The highest BCUT2D eigenvalue weighted by atomic mass is 14.2. The van der Waals surface area contributed by atoms with Crippen LogP contribution in [0.3, 0.4) is 0 Å². The van der Waals surface area contributed by atoms with E-state index in [1.165, 1.54) is 97.3 Å². The van der Waals surface area contributed by atoms with E-state index in [2.05, 4.69) is 147 Å². The average molecular weight is 533 g/mol. The first-order valence-electron chi connectivity index (χ1n) is 14.8. The van der Waals surface area contributed by atoms with Crippen LogP contribution >= 0.6 is 0 Å². The van der Waals surface area contributed by atoms with Crippen molar-refractivity contribution in [3.63, 3.8) is 0 Å². The van der Waals surface area contributed by atoms with Gasteiger partial charge in [-0.3, -0.25) is 0 Å². The highest BCUT2D eigenvalue weighted by Crippen LogP contribution is 2.42. The van der Waals surface area contributed by atoms with Gasteiger partial charge in [-0.05, 0) is 123 Å². The van der Waals surface area contributed by atoms with Gasteiger partial charge in [0, 0.05) is 0 Å². The molecule has 0 saturated carbocycles. The van der Waals surface area contributed by atoms with Crippen LogP contribution < -0.4 is 0 Å². The van der Waals surface area contributed by atoms with Crippen molar-refractivity contribution in [1.29, 1.82) is 0 Å². The highest BCUT2D eigenvalue weighted by molar-refractivity contribution is 6.35. The van der Waals surface area contributed by atoms with Gasteiger partial charge in [0.1, 0.15) is 0 Å². The van der Waals surface area contributed by atoms with Crippen LogP contribution in [0.4, 0.5) is 0 Å². The third kappa shape index (κ3) is 3.12. The Morgan fingerprint density at radius 3 is 0.881 bits per heavy atom. The summed E-state index contributed by atoms with van der Waals surface area (Å²) in [4.78, 5) is 0. The molecule has 0 aromatic heterocycles. The molecule has 0 radical (unpaired) electrons. The van der Waals surface area contributed by atoms with Crippen molar-refractivity contribution in [2.45, 2.75) is 13.8 Å². The standard InChI is InChI=1S/C42H28/c1-25-26(2)30-22-20-28-24-40(30)39-23-27(19-21-29(25)39)31-11-3-5-13-33(31)41-35-15-7-9-17-37(35)42(34-14-6-4-12-32(28)34)38-18-10-8-16-36(38)41/h3-24H,1-2H3. The normalized spacial score (nSPS) is 12.0. The monoisotopic (exact) mass is 532 g/mol. The Kier molecular flexibility index (Phi) is 4.84. The summed E-state index contributed by atoms with van der Waals surface area (Å²) in [7, 11) is 0. The predicted molar refractivity (Wildman–Crippen MR) is 185 cm³/mol. The van der Waals surface area contributed by atoms with Crippen molar-refractivity contribution >= 4 is 86.2 Å². The van der Waals surface area contributed by atoms with Gasteiger partial charge in [0.15, 0.2) is 0 Å². The summed E-state index contributed by atoms with van der Waals surface area (Å²) in [6.07, 6.45) is 0. The summed E-state index contributed by atoms with van der Waals surface area (Å²) in [5.74, 6) is 0. The molecule has 0 spiro atoms. The van der Waals surface area contributed by atoms with Crippen molar-refractivity contribution in [2.24, 2.45) is 0 Å². The maximum Gasteiger partial charge on any atom is -0.00201 e. The number of hydrogen-bond acceptors (Lipinski definition) is 0. The van der Waals surface area contributed by atoms with Crippen LogP contribution in [0, 0.1) is 13.8 Å². The third-order valence-electron chi connectivity index (χ3n) is 9.65. The Labute approximate surface area is 244 Å².